The van der Waals surface area contributed by atoms with E-state index in [1.807, 2.05) is 12.1 Å². The maximum atomic E-state index is 5.28. The topological polar surface area (TPSA) is 12.5 Å². The van der Waals surface area contributed by atoms with E-state index in [4.69, 9.17) is 4.74 Å². The van der Waals surface area contributed by atoms with Gasteiger partial charge in [0.2, 0.25) is 0 Å². The third-order valence-electron chi connectivity index (χ3n) is 4.82. The second kappa shape index (κ2) is 11.1. The molecular formula is C26H29NO. The first-order valence-corrected chi connectivity index (χ1v) is 9.94. The van der Waals surface area contributed by atoms with Crippen molar-refractivity contribution in [2.24, 2.45) is 0 Å². The molecule has 0 atom stereocenters. The minimum absolute atomic E-state index is 0.906. The van der Waals surface area contributed by atoms with E-state index >= 15 is 0 Å². The fourth-order valence-electron chi connectivity index (χ4n) is 3.28. The van der Waals surface area contributed by atoms with Crippen LogP contribution < -0.4 is 4.74 Å². The molecule has 0 unspecified atom stereocenters. The molecule has 0 saturated carbocycles. The quantitative estimate of drug-likeness (QED) is 0.444. The number of hydrogen-bond donors (Lipinski definition) is 0. The lowest BCUT2D eigenvalue weighted by atomic mass is 10.1. The molecule has 0 aliphatic heterocycles. The zero-order valence-electron chi connectivity index (χ0n) is 16.6. The van der Waals surface area contributed by atoms with Crippen LogP contribution in [0.25, 0.3) is 6.08 Å². The van der Waals surface area contributed by atoms with E-state index in [1.165, 1.54) is 16.7 Å². The predicted molar refractivity (Wildman–Crippen MR) is 119 cm³/mol. The van der Waals surface area contributed by atoms with Gasteiger partial charge in [-0.2, -0.15) is 0 Å². The Morgan fingerprint density at radius 2 is 1.46 bits per heavy atom. The highest BCUT2D eigenvalue weighted by atomic mass is 16.5. The molecule has 0 bridgehead atoms. The minimum Gasteiger partial charge on any atom is -0.497 e. The molecule has 0 aromatic heterocycles. The Labute approximate surface area is 169 Å². The van der Waals surface area contributed by atoms with Gasteiger partial charge in [0, 0.05) is 13.1 Å². The van der Waals surface area contributed by atoms with Crippen molar-refractivity contribution >= 4 is 6.08 Å². The van der Waals surface area contributed by atoms with E-state index in [9.17, 15) is 0 Å². The average Bonchev–Trinajstić information content (AvgIpc) is 2.75. The van der Waals surface area contributed by atoms with Gasteiger partial charge >= 0.3 is 0 Å². The average molecular weight is 372 g/mol. The molecule has 0 heterocycles. The van der Waals surface area contributed by atoms with Crippen molar-refractivity contribution in [3.05, 3.63) is 108 Å². The number of rotatable bonds is 10. The molecule has 0 radical (unpaired) electrons. The first-order valence-electron chi connectivity index (χ1n) is 9.94. The van der Waals surface area contributed by atoms with Crippen molar-refractivity contribution in [1.82, 2.24) is 4.90 Å². The molecule has 0 N–H and O–H groups in total. The molecule has 0 aliphatic carbocycles. The lowest BCUT2D eigenvalue weighted by Gasteiger charge is -2.21. The first kappa shape index (κ1) is 19.9. The number of nitrogens with zero attached hydrogens (tertiary/aromatic N) is 1. The summed E-state index contributed by atoms with van der Waals surface area (Å²) in [6.07, 6.45) is 6.74. The van der Waals surface area contributed by atoms with Crippen LogP contribution in [0.5, 0.6) is 5.75 Å². The highest BCUT2D eigenvalue weighted by Gasteiger charge is 2.05. The number of ether oxygens (including phenoxy) is 1. The van der Waals surface area contributed by atoms with E-state index in [0.29, 0.717) is 0 Å². The summed E-state index contributed by atoms with van der Waals surface area (Å²) >= 11 is 0. The van der Waals surface area contributed by atoms with E-state index in [0.717, 1.165) is 38.2 Å². The Balaban J connectivity index is 1.59. The lowest BCUT2D eigenvalue weighted by Crippen LogP contribution is -2.25. The molecule has 0 spiro atoms. The molecule has 0 fully saturated rings. The molecule has 2 heteroatoms. The summed E-state index contributed by atoms with van der Waals surface area (Å²) in [6, 6.07) is 29.6. The summed E-state index contributed by atoms with van der Waals surface area (Å²) in [7, 11) is 1.71. The lowest BCUT2D eigenvalue weighted by molar-refractivity contribution is 0.291. The molecule has 3 aromatic carbocycles. The van der Waals surface area contributed by atoms with E-state index in [-0.39, 0.29) is 0 Å². The van der Waals surface area contributed by atoms with Gasteiger partial charge in [0.15, 0.2) is 0 Å². The molecule has 144 valence electrons. The maximum absolute atomic E-state index is 5.28. The zero-order valence-corrected chi connectivity index (χ0v) is 16.6. The van der Waals surface area contributed by atoms with Gasteiger partial charge in [0.1, 0.15) is 5.75 Å². The van der Waals surface area contributed by atoms with Crippen LogP contribution in [0.4, 0.5) is 0 Å². The third kappa shape index (κ3) is 6.71. The Morgan fingerprint density at radius 1 is 0.786 bits per heavy atom. The largest absolute Gasteiger partial charge is 0.497 e. The smallest absolute Gasteiger partial charge is 0.118 e. The normalized spacial score (nSPS) is 11.2. The Bertz CT molecular complexity index is 825. The van der Waals surface area contributed by atoms with Crippen molar-refractivity contribution in [2.75, 3.05) is 20.2 Å². The van der Waals surface area contributed by atoms with Gasteiger partial charge in [-0.1, -0.05) is 84.9 Å². The molecule has 0 aliphatic rings. The first-order chi connectivity index (χ1) is 13.8. The highest BCUT2D eigenvalue weighted by Crippen LogP contribution is 2.14. The Hall–Kier alpha value is -2.84. The Morgan fingerprint density at radius 3 is 2.14 bits per heavy atom. The second-order valence-corrected chi connectivity index (χ2v) is 6.99. The van der Waals surface area contributed by atoms with Crippen LogP contribution in [-0.2, 0) is 13.0 Å². The number of aryl methyl sites for hydroxylation is 1. The summed E-state index contributed by atoms with van der Waals surface area (Å²) in [5, 5.41) is 0. The Kier molecular flexibility index (Phi) is 7.90. The standard InChI is InChI=1S/C26H29NO/c1-28-26-18-16-25(17-19-26)22-27(20-8-14-23-10-4-2-5-11-23)21-9-15-24-12-6-3-7-13-24/h2-8,10-14,16-19H,9,15,20-22H2,1H3. The molecule has 0 saturated heterocycles. The molecular weight excluding hydrogens is 342 g/mol. The molecule has 3 aromatic rings. The van der Waals surface area contributed by atoms with Gasteiger partial charge in [0.25, 0.3) is 0 Å². The predicted octanol–water partition coefficient (Wildman–Crippen LogP) is 5.84. The van der Waals surface area contributed by atoms with Crippen LogP contribution in [0.3, 0.4) is 0 Å². The molecule has 2 nitrogen and oxygen atoms in total. The van der Waals surface area contributed by atoms with Crippen LogP contribution >= 0.6 is 0 Å². The number of benzene rings is 3. The summed E-state index contributed by atoms with van der Waals surface area (Å²) in [6.45, 7) is 2.95. The van der Waals surface area contributed by atoms with Crippen molar-refractivity contribution in [3.8, 4) is 5.75 Å². The van der Waals surface area contributed by atoms with E-state index in [1.54, 1.807) is 7.11 Å². The van der Waals surface area contributed by atoms with Crippen LogP contribution in [0, 0.1) is 0 Å². The monoisotopic (exact) mass is 371 g/mol. The van der Waals surface area contributed by atoms with Gasteiger partial charge in [-0.25, -0.2) is 0 Å². The van der Waals surface area contributed by atoms with Crippen LogP contribution in [-0.4, -0.2) is 25.1 Å². The van der Waals surface area contributed by atoms with Crippen molar-refractivity contribution in [1.29, 1.82) is 0 Å². The van der Waals surface area contributed by atoms with Crippen LogP contribution in [0.2, 0.25) is 0 Å². The van der Waals surface area contributed by atoms with Gasteiger partial charge in [0.05, 0.1) is 7.11 Å². The van der Waals surface area contributed by atoms with Crippen LogP contribution in [0.1, 0.15) is 23.1 Å². The van der Waals surface area contributed by atoms with Gasteiger partial charge in [-0.05, 0) is 48.2 Å². The summed E-state index contributed by atoms with van der Waals surface area (Å²) in [5.41, 5.74) is 3.97. The minimum atomic E-state index is 0.906. The highest BCUT2D eigenvalue weighted by molar-refractivity contribution is 5.48. The van der Waals surface area contributed by atoms with Crippen molar-refractivity contribution < 1.29 is 4.74 Å². The summed E-state index contributed by atoms with van der Waals surface area (Å²) < 4.78 is 5.28. The number of methoxy groups -OCH3 is 1. The van der Waals surface area contributed by atoms with E-state index < -0.39 is 0 Å². The number of hydrogen-bond acceptors (Lipinski definition) is 2. The second-order valence-electron chi connectivity index (χ2n) is 6.99. The SMILES string of the molecule is COc1ccc(CN(CC=Cc2ccccc2)CCCc2ccccc2)cc1. The van der Waals surface area contributed by atoms with Crippen molar-refractivity contribution in [2.45, 2.75) is 19.4 Å². The van der Waals surface area contributed by atoms with Gasteiger partial charge in [-0.15, -0.1) is 0 Å². The maximum Gasteiger partial charge on any atom is 0.118 e. The van der Waals surface area contributed by atoms with Crippen LogP contribution in [0.15, 0.2) is 91.0 Å². The zero-order chi connectivity index (χ0) is 19.4. The van der Waals surface area contributed by atoms with E-state index in [2.05, 4.69) is 89.8 Å². The molecule has 28 heavy (non-hydrogen) atoms. The third-order valence-corrected chi connectivity index (χ3v) is 4.82. The van der Waals surface area contributed by atoms with Crippen molar-refractivity contribution in [3.63, 3.8) is 0 Å². The molecule has 0 amide bonds. The summed E-state index contributed by atoms with van der Waals surface area (Å²) in [4.78, 5) is 2.50. The fraction of sp³-hybridized carbons (Fsp3) is 0.231. The van der Waals surface area contributed by atoms with Gasteiger partial charge < -0.3 is 4.74 Å². The fourth-order valence-corrected chi connectivity index (χ4v) is 3.28. The van der Waals surface area contributed by atoms with Gasteiger partial charge in [-0.3, -0.25) is 4.90 Å². The molecule has 3 rings (SSSR count). The summed E-state index contributed by atoms with van der Waals surface area (Å²) in [5.74, 6) is 0.906.